The van der Waals surface area contributed by atoms with Gasteiger partial charge in [-0.3, -0.25) is 0 Å². The standard InChI is InChI=1S/C28H26N.C5H12O2.Ir/c1-27(2,3)20-14-15-29-25(17-20)19-11-13-24-23(16-19)22-12-10-18-8-6-7-9-21(18)26(22)28(24,4)5;1-4(6)3-5(2)7;/h6-10,12-17H,1-5H3;4-7H,3H2,1-2H3;/q-1;;. The van der Waals surface area contributed by atoms with Gasteiger partial charge in [-0.1, -0.05) is 82.6 Å². The number of hydrogen-bond donors (Lipinski definition) is 2. The Kier molecular flexibility index (Phi) is 8.82. The summed E-state index contributed by atoms with van der Waals surface area (Å²) in [5.41, 5.74) is 8.83. The molecular weight excluding hydrogens is 635 g/mol. The molecule has 1 aliphatic rings. The molecule has 2 N–H and O–H groups in total. The fourth-order valence-corrected chi connectivity index (χ4v) is 5.22. The van der Waals surface area contributed by atoms with Gasteiger partial charge in [0.2, 0.25) is 0 Å². The molecule has 0 saturated heterocycles. The number of fused-ring (bicyclic) bond motifs is 5. The van der Waals surface area contributed by atoms with E-state index in [1.54, 1.807) is 13.8 Å². The summed E-state index contributed by atoms with van der Waals surface area (Å²) in [5.74, 6) is 0. The second kappa shape index (κ2) is 11.2. The van der Waals surface area contributed by atoms with E-state index in [1.165, 1.54) is 38.6 Å². The zero-order valence-electron chi connectivity index (χ0n) is 22.9. The fraction of sp³-hybridized carbons (Fsp3) is 0.364. The van der Waals surface area contributed by atoms with E-state index in [2.05, 4.69) is 106 Å². The molecule has 1 radical (unpaired) electrons. The van der Waals surface area contributed by atoms with E-state index in [4.69, 9.17) is 10.2 Å². The van der Waals surface area contributed by atoms with Crippen LogP contribution in [0.15, 0.2) is 66.9 Å². The van der Waals surface area contributed by atoms with Crippen LogP contribution in [0.25, 0.3) is 33.2 Å². The van der Waals surface area contributed by atoms with Crippen LogP contribution in [0.4, 0.5) is 0 Å². The minimum absolute atomic E-state index is 0. The monoisotopic (exact) mass is 673 g/mol. The molecule has 1 aliphatic carbocycles. The van der Waals surface area contributed by atoms with E-state index in [0.29, 0.717) is 6.42 Å². The van der Waals surface area contributed by atoms with E-state index >= 15 is 0 Å². The van der Waals surface area contributed by atoms with Crippen LogP contribution >= 0.6 is 0 Å². The molecule has 0 aliphatic heterocycles. The van der Waals surface area contributed by atoms with Crippen molar-refractivity contribution in [1.29, 1.82) is 0 Å². The number of nitrogens with zero attached hydrogens (tertiary/aromatic N) is 1. The summed E-state index contributed by atoms with van der Waals surface area (Å²) in [6.07, 6.45) is 1.64. The molecule has 4 heteroatoms. The zero-order valence-corrected chi connectivity index (χ0v) is 25.3. The van der Waals surface area contributed by atoms with Gasteiger partial charge in [0.05, 0.1) is 12.2 Å². The molecule has 3 nitrogen and oxygen atoms in total. The first-order chi connectivity index (χ1) is 16.9. The fourth-order valence-electron chi connectivity index (χ4n) is 5.22. The topological polar surface area (TPSA) is 53.4 Å². The molecule has 0 spiro atoms. The van der Waals surface area contributed by atoms with E-state index in [0.717, 1.165) is 11.3 Å². The number of aliphatic hydroxyl groups excluding tert-OH is 2. The van der Waals surface area contributed by atoms with Gasteiger partial charge < -0.3 is 15.2 Å². The Morgan fingerprint density at radius 3 is 2.22 bits per heavy atom. The summed E-state index contributed by atoms with van der Waals surface area (Å²) < 4.78 is 0. The molecule has 197 valence electrons. The number of rotatable bonds is 3. The molecule has 2 unspecified atom stereocenters. The normalized spacial score (nSPS) is 15.1. The molecule has 1 heterocycles. The molecule has 2 atom stereocenters. The van der Waals surface area contributed by atoms with Gasteiger partial charge in [-0.2, -0.15) is 0 Å². The van der Waals surface area contributed by atoms with E-state index < -0.39 is 0 Å². The van der Waals surface area contributed by atoms with Crippen LogP contribution in [-0.2, 0) is 30.9 Å². The summed E-state index contributed by atoms with van der Waals surface area (Å²) in [7, 11) is 0. The number of hydrogen-bond acceptors (Lipinski definition) is 3. The molecule has 1 aromatic heterocycles. The number of aromatic nitrogens is 1. The van der Waals surface area contributed by atoms with Crippen molar-refractivity contribution in [2.24, 2.45) is 0 Å². The Hall–Kier alpha value is -2.36. The van der Waals surface area contributed by atoms with Crippen molar-refractivity contribution in [2.75, 3.05) is 0 Å². The largest absolute Gasteiger partial charge is 0.393 e. The summed E-state index contributed by atoms with van der Waals surface area (Å²) in [5, 5.41) is 19.8. The summed E-state index contributed by atoms with van der Waals surface area (Å²) in [6.45, 7) is 14.7. The van der Waals surface area contributed by atoms with Gasteiger partial charge in [0.15, 0.2) is 0 Å². The van der Waals surface area contributed by atoms with Crippen LogP contribution in [0.3, 0.4) is 0 Å². The smallest absolute Gasteiger partial charge is 0.0536 e. The predicted molar refractivity (Wildman–Crippen MR) is 150 cm³/mol. The quantitative estimate of drug-likeness (QED) is 0.223. The summed E-state index contributed by atoms with van der Waals surface area (Å²) >= 11 is 0. The van der Waals surface area contributed by atoms with E-state index in [9.17, 15) is 0 Å². The van der Waals surface area contributed by atoms with Crippen molar-refractivity contribution in [3.8, 4) is 22.4 Å². The average molecular weight is 673 g/mol. The van der Waals surface area contributed by atoms with Crippen molar-refractivity contribution in [1.82, 2.24) is 4.98 Å². The molecule has 0 amide bonds. The molecule has 37 heavy (non-hydrogen) atoms. The average Bonchev–Trinajstić information content (AvgIpc) is 3.05. The molecule has 0 fully saturated rings. The van der Waals surface area contributed by atoms with Gasteiger partial charge in [-0.25, -0.2) is 0 Å². The van der Waals surface area contributed by atoms with Crippen molar-refractivity contribution >= 4 is 10.8 Å². The third-order valence-corrected chi connectivity index (χ3v) is 7.05. The van der Waals surface area contributed by atoms with Gasteiger partial charge >= 0.3 is 0 Å². The van der Waals surface area contributed by atoms with Crippen molar-refractivity contribution in [2.45, 2.75) is 77.9 Å². The first-order valence-corrected chi connectivity index (χ1v) is 12.8. The molecule has 4 aromatic rings. The second-order valence-electron chi connectivity index (χ2n) is 11.6. The Morgan fingerprint density at radius 2 is 1.59 bits per heavy atom. The van der Waals surface area contributed by atoms with Gasteiger partial charge in [-0.05, 0) is 70.3 Å². The number of aliphatic hydroxyl groups is 2. The predicted octanol–water partition coefficient (Wildman–Crippen LogP) is 7.44. The Bertz CT molecular complexity index is 1380. The van der Waals surface area contributed by atoms with Crippen LogP contribution in [0.1, 0.15) is 71.6 Å². The molecule has 5 rings (SSSR count). The molecule has 3 aromatic carbocycles. The van der Waals surface area contributed by atoms with Crippen molar-refractivity contribution in [3.05, 3.63) is 89.6 Å². The third-order valence-electron chi connectivity index (χ3n) is 7.05. The van der Waals surface area contributed by atoms with Crippen LogP contribution < -0.4 is 0 Å². The molecule has 0 saturated carbocycles. The maximum absolute atomic E-state index is 8.56. The summed E-state index contributed by atoms with van der Waals surface area (Å²) in [4.78, 5) is 4.66. The minimum Gasteiger partial charge on any atom is -0.393 e. The first-order valence-electron chi connectivity index (χ1n) is 12.8. The van der Waals surface area contributed by atoms with Crippen molar-refractivity contribution < 1.29 is 30.3 Å². The Balaban J connectivity index is 0.000000422. The zero-order chi connectivity index (χ0) is 26.3. The van der Waals surface area contributed by atoms with Crippen LogP contribution in [0.5, 0.6) is 0 Å². The number of benzene rings is 3. The van der Waals surface area contributed by atoms with Crippen LogP contribution in [0, 0.1) is 6.07 Å². The van der Waals surface area contributed by atoms with Crippen molar-refractivity contribution in [3.63, 3.8) is 0 Å². The number of pyridine rings is 1. The van der Waals surface area contributed by atoms with Gasteiger partial charge in [0.25, 0.3) is 0 Å². The molecular formula is C33H38IrNO2-. The van der Waals surface area contributed by atoms with E-state index in [1.807, 2.05) is 6.20 Å². The Morgan fingerprint density at radius 1 is 0.919 bits per heavy atom. The maximum atomic E-state index is 8.56. The van der Waals surface area contributed by atoms with Gasteiger partial charge in [-0.15, -0.1) is 29.3 Å². The van der Waals surface area contributed by atoms with Crippen LogP contribution in [-0.4, -0.2) is 27.4 Å². The van der Waals surface area contributed by atoms with Crippen LogP contribution in [0.2, 0.25) is 0 Å². The minimum atomic E-state index is -0.375. The molecule has 0 bridgehead atoms. The first kappa shape index (κ1) is 29.2. The van der Waals surface area contributed by atoms with Gasteiger partial charge in [0, 0.05) is 26.3 Å². The summed E-state index contributed by atoms with van der Waals surface area (Å²) in [6, 6.07) is 25.6. The second-order valence-corrected chi connectivity index (χ2v) is 11.6. The SMILES string of the molecule is CC(C)(C)c1ccnc(-c2[c-]cc3c(c2)-c2ccc4ccccc4c2C3(C)C)c1.CC(O)CC(C)O.[Ir]. The third kappa shape index (κ3) is 6.04. The van der Waals surface area contributed by atoms with E-state index in [-0.39, 0.29) is 43.1 Å². The Labute approximate surface area is 235 Å². The maximum Gasteiger partial charge on any atom is 0.0536 e. The van der Waals surface area contributed by atoms with Gasteiger partial charge in [0.1, 0.15) is 0 Å².